The Morgan fingerprint density at radius 2 is 2.04 bits per heavy atom. The molecule has 0 bridgehead atoms. The monoisotopic (exact) mass is 327 g/mol. The first-order valence-corrected chi connectivity index (χ1v) is 8.51. The third kappa shape index (κ3) is 4.94. The molecule has 0 saturated carbocycles. The SMILES string of the molecule is NC1CCCN(c2cncc(OCCOCc3ccccc3)c2)C1. The minimum Gasteiger partial charge on any atom is -0.489 e. The van der Waals surface area contributed by atoms with Gasteiger partial charge in [0.2, 0.25) is 0 Å². The van der Waals surface area contributed by atoms with Gasteiger partial charge in [-0.15, -0.1) is 0 Å². The van der Waals surface area contributed by atoms with Crippen LogP contribution in [0.1, 0.15) is 18.4 Å². The lowest BCUT2D eigenvalue weighted by molar-refractivity contribution is 0.0888. The molecular formula is C19H25N3O2. The van der Waals surface area contributed by atoms with Crippen molar-refractivity contribution in [3.8, 4) is 5.75 Å². The molecule has 5 nitrogen and oxygen atoms in total. The number of nitrogens with zero attached hydrogens (tertiary/aromatic N) is 2. The largest absolute Gasteiger partial charge is 0.489 e. The predicted octanol–water partition coefficient (Wildman–Crippen LogP) is 2.60. The van der Waals surface area contributed by atoms with Crippen LogP contribution in [0.2, 0.25) is 0 Å². The van der Waals surface area contributed by atoms with Crippen LogP contribution >= 0.6 is 0 Å². The Morgan fingerprint density at radius 3 is 2.88 bits per heavy atom. The van der Waals surface area contributed by atoms with Gasteiger partial charge in [-0.2, -0.15) is 0 Å². The molecule has 2 aromatic rings. The first-order valence-electron chi connectivity index (χ1n) is 8.51. The predicted molar refractivity (Wildman–Crippen MR) is 95.3 cm³/mol. The molecule has 3 rings (SSSR count). The van der Waals surface area contributed by atoms with Crippen LogP contribution in [0.4, 0.5) is 5.69 Å². The summed E-state index contributed by atoms with van der Waals surface area (Å²) in [5.74, 6) is 0.773. The molecule has 2 heterocycles. The Labute approximate surface area is 143 Å². The Hall–Kier alpha value is -2.11. The fourth-order valence-corrected chi connectivity index (χ4v) is 2.89. The van der Waals surface area contributed by atoms with Gasteiger partial charge in [0, 0.05) is 25.2 Å². The molecule has 0 aliphatic carbocycles. The lowest BCUT2D eigenvalue weighted by Crippen LogP contribution is -2.42. The number of hydrogen-bond donors (Lipinski definition) is 1. The summed E-state index contributed by atoms with van der Waals surface area (Å²) >= 11 is 0. The van der Waals surface area contributed by atoms with Crippen molar-refractivity contribution in [1.82, 2.24) is 4.98 Å². The Morgan fingerprint density at radius 1 is 1.17 bits per heavy atom. The summed E-state index contributed by atoms with van der Waals surface area (Å²) in [5, 5.41) is 0. The van der Waals surface area contributed by atoms with Crippen molar-refractivity contribution in [2.75, 3.05) is 31.2 Å². The van der Waals surface area contributed by atoms with Gasteiger partial charge in [0.05, 0.1) is 31.3 Å². The van der Waals surface area contributed by atoms with E-state index in [2.05, 4.69) is 22.0 Å². The van der Waals surface area contributed by atoms with E-state index in [4.69, 9.17) is 15.2 Å². The van der Waals surface area contributed by atoms with Crippen LogP contribution in [-0.4, -0.2) is 37.3 Å². The van der Waals surface area contributed by atoms with Crippen molar-refractivity contribution in [1.29, 1.82) is 0 Å². The highest BCUT2D eigenvalue weighted by atomic mass is 16.5. The first-order chi connectivity index (χ1) is 11.8. The van der Waals surface area contributed by atoms with E-state index >= 15 is 0 Å². The number of hydrogen-bond acceptors (Lipinski definition) is 5. The van der Waals surface area contributed by atoms with Gasteiger partial charge in [-0.3, -0.25) is 4.98 Å². The van der Waals surface area contributed by atoms with E-state index in [9.17, 15) is 0 Å². The zero-order valence-electron chi connectivity index (χ0n) is 13.9. The molecule has 1 aliphatic heterocycles. The van der Waals surface area contributed by atoms with Crippen molar-refractivity contribution >= 4 is 5.69 Å². The van der Waals surface area contributed by atoms with Gasteiger partial charge in [-0.25, -0.2) is 0 Å². The van der Waals surface area contributed by atoms with Gasteiger partial charge >= 0.3 is 0 Å². The Balaban J connectivity index is 1.43. The molecule has 1 aromatic heterocycles. The number of nitrogens with two attached hydrogens (primary N) is 1. The van der Waals surface area contributed by atoms with Gasteiger partial charge in [-0.05, 0) is 18.4 Å². The molecule has 0 radical (unpaired) electrons. The minimum absolute atomic E-state index is 0.245. The number of aromatic nitrogens is 1. The molecule has 128 valence electrons. The lowest BCUT2D eigenvalue weighted by Gasteiger charge is -2.32. The van der Waals surface area contributed by atoms with E-state index in [1.54, 1.807) is 6.20 Å². The molecule has 5 heteroatoms. The van der Waals surface area contributed by atoms with Crippen molar-refractivity contribution < 1.29 is 9.47 Å². The number of piperidine rings is 1. The maximum absolute atomic E-state index is 6.05. The molecular weight excluding hydrogens is 302 g/mol. The van der Waals surface area contributed by atoms with Crippen LogP contribution in [0, 0.1) is 0 Å². The number of anilines is 1. The van der Waals surface area contributed by atoms with Crippen LogP contribution in [-0.2, 0) is 11.3 Å². The fourth-order valence-electron chi connectivity index (χ4n) is 2.89. The molecule has 1 aliphatic rings. The van der Waals surface area contributed by atoms with Crippen LogP contribution in [0.25, 0.3) is 0 Å². The topological polar surface area (TPSA) is 60.6 Å². The Kier molecular flexibility index (Phi) is 6.04. The summed E-state index contributed by atoms with van der Waals surface area (Å²) in [4.78, 5) is 6.56. The summed E-state index contributed by atoms with van der Waals surface area (Å²) in [5.41, 5.74) is 8.30. The number of pyridine rings is 1. The summed E-state index contributed by atoms with van der Waals surface area (Å²) in [6, 6.07) is 12.4. The highest BCUT2D eigenvalue weighted by Crippen LogP contribution is 2.22. The molecule has 24 heavy (non-hydrogen) atoms. The second kappa shape index (κ2) is 8.66. The smallest absolute Gasteiger partial charge is 0.139 e. The number of benzene rings is 1. The third-order valence-corrected chi connectivity index (χ3v) is 4.13. The van der Waals surface area contributed by atoms with Crippen molar-refractivity contribution in [2.24, 2.45) is 5.73 Å². The van der Waals surface area contributed by atoms with Gasteiger partial charge in [0.1, 0.15) is 12.4 Å². The molecule has 1 aromatic carbocycles. The minimum atomic E-state index is 0.245. The highest BCUT2D eigenvalue weighted by Gasteiger charge is 2.17. The zero-order valence-corrected chi connectivity index (χ0v) is 13.9. The second-order valence-electron chi connectivity index (χ2n) is 6.11. The quantitative estimate of drug-likeness (QED) is 0.792. The van der Waals surface area contributed by atoms with E-state index in [1.165, 1.54) is 5.56 Å². The average molecular weight is 327 g/mol. The van der Waals surface area contributed by atoms with E-state index in [1.807, 2.05) is 30.5 Å². The summed E-state index contributed by atoms with van der Waals surface area (Å²) in [7, 11) is 0. The summed E-state index contributed by atoms with van der Waals surface area (Å²) < 4.78 is 11.4. The first kappa shape index (κ1) is 16.7. The molecule has 0 spiro atoms. The van der Waals surface area contributed by atoms with E-state index < -0.39 is 0 Å². The second-order valence-corrected chi connectivity index (χ2v) is 6.11. The molecule has 2 N–H and O–H groups in total. The number of rotatable bonds is 7. The van der Waals surface area contributed by atoms with Crippen LogP contribution in [0.3, 0.4) is 0 Å². The van der Waals surface area contributed by atoms with Gasteiger partial charge < -0.3 is 20.1 Å². The average Bonchev–Trinajstić information content (AvgIpc) is 2.63. The van der Waals surface area contributed by atoms with E-state index in [0.717, 1.165) is 37.4 Å². The standard InChI is InChI=1S/C19H25N3O2/c20-17-7-4-8-22(14-17)18-11-19(13-21-12-18)24-10-9-23-15-16-5-2-1-3-6-16/h1-3,5-6,11-13,17H,4,7-10,14-15,20H2. The van der Waals surface area contributed by atoms with Gasteiger partial charge in [-0.1, -0.05) is 30.3 Å². The Bertz CT molecular complexity index is 621. The van der Waals surface area contributed by atoms with Crippen LogP contribution in [0.15, 0.2) is 48.8 Å². The number of ether oxygens (including phenoxy) is 2. The molecule has 1 saturated heterocycles. The van der Waals surface area contributed by atoms with Crippen LogP contribution < -0.4 is 15.4 Å². The summed E-state index contributed by atoms with van der Waals surface area (Å²) in [6.07, 6.45) is 5.83. The van der Waals surface area contributed by atoms with E-state index in [-0.39, 0.29) is 6.04 Å². The normalized spacial score (nSPS) is 17.7. The van der Waals surface area contributed by atoms with Crippen molar-refractivity contribution in [2.45, 2.75) is 25.5 Å². The zero-order chi connectivity index (χ0) is 16.6. The third-order valence-electron chi connectivity index (χ3n) is 4.13. The lowest BCUT2D eigenvalue weighted by atomic mass is 10.1. The molecule has 1 fully saturated rings. The molecule has 1 atom stereocenters. The van der Waals surface area contributed by atoms with Crippen molar-refractivity contribution in [3.63, 3.8) is 0 Å². The maximum Gasteiger partial charge on any atom is 0.139 e. The highest BCUT2D eigenvalue weighted by molar-refractivity contribution is 5.48. The molecule has 1 unspecified atom stereocenters. The van der Waals surface area contributed by atoms with Gasteiger partial charge in [0.25, 0.3) is 0 Å². The molecule has 0 amide bonds. The summed E-state index contributed by atoms with van der Waals surface area (Å²) in [6.45, 7) is 3.57. The fraction of sp³-hybridized carbons (Fsp3) is 0.421. The maximum atomic E-state index is 6.05. The van der Waals surface area contributed by atoms with E-state index in [0.29, 0.717) is 19.8 Å². The van der Waals surface area contributed by atoms with Gasteiger partial charge in [0.15, 0.2) is 0 Å². The van der Waals surface area contributed by atoms with Crippen LogP contribution in [0.5, 0.6) is 5.75 Å². The van der Waals surface area contributed by atoms with Crippen molar-refractivity contribution in [3.05, 3.63) is 54.4 Å².